The maximum Gasteiger partial charge on any atom is 0.181 e. The Kier molecular flexibility index (Phi) is 2.83. The van der Waals surface area contributed by atoms with Crippen LogP contribution in [-0.4, -0.2) is 10.1 Å². The first kappa shape index (κ1) is 9.93. The summed E-state index contributed by atoms with van der Waals surface area (Å²) < 4.78 is 5.14. The van der Waals surface area contributed by atoms with E-state index in [0.717, 1.165) is 11.3 Å². The van der Waals surface area contributed by atoms with E-state index in [2.05, 4.69) is 4.98 Å². The number of aryl methyl sites for hydroxylation is 1. The Hall–Kier alpha value is -1.61. The molecule has 1 aromatic heterocycles. The van der Waals surface area contributed by atoms with Crippen LogP contribution < -0.4 is 0 Å². The minimum Gasteiger partial charge on any atom is -0.445 e. The molecule has 2 aromatic rings. The van der Waals surface area contributed by atoms with Gasteiger partial charge in [0.15, 0.2) is 12.2 Å². The molecule has 0 aliphatic carbocycles. The van der Waals surface area contributed by atoms with Crippen LogP contribution in [0.15, 0.2) is 41.1 Å². The summed E-state index contributed by atoms with van der Waals surface area (Å²) in [5.41, 5.74) is 1.83. The molecule has 0 saturated heterocycles. The van der Waals surface area contributed by atoms with E-state index in [4.69, 9.17) is 4.42 Å². The topological polar surface area (TPSA) is 46.3 Å². The van der Waals surface area contributed by atoms with E-state index in [1.807, 2.05) is 37.3 Å². The van der Waals surface area contributed by atoms with Gasteiger partial charge in [0.1, 0.15) is 6.10 Å². The van der Waals surface area contributed by atoms with Gasteiger partial charge in [-0.15, -0.1) is 0 Å². The molecule has 1 N–H and O–H groups in total. The van der Waals surface area contributed by atoms with Crippen LogP contribution >= 0.6 is 0 Å². The van der Waals surface area contributed by atoms with Crippen LogP contribution in [0, 0.1) is 6.92 Å². The summed E-state index contributed by atoms with van der Waals surface area (Å²) in [5, 5.41) is 9.91. The first-order valence-corrected chi connectivity index (χ1v) is 4.89. The monoisotopic (exact) mass is 203 g/mol. The average molecular weight is 203 g/mol. The Bertz CT molecular complexity index is 422. The maximum absolute atomic E-state index is 9.91. The van der Waals surface area contributed by atoms with Crippen molar-refractivity contribution in [3.63, 3.8) is 0 Å². The summed E-state index contributed by atoms with van der Waals surface area (Å²) in [6, 6.07) is 9.82. The summed E-state index contributed by atoms with van der Waals surface area (Å²) in [7, 11) is 0. The lowest BCUT2D eigenvalue weighted by atomic mass is 10.1. The second-order valence-corrected chi connectivity index (χ2v) is 3.51. The van der Waals surface area contributed by atoms with E-state index in [1.54, 1.807) is 0 Å². The molecular formula is C12H13NO2. The summed E-state index contributed by atoms with van der Waals surface area (Å²) in [4.78, 5) is 3.95. The molecule has 3 heteroatoms. The van der Waals surface area contributed by atoms with Gasteiger partial charge in [0.05, 0.1) is 5.69 Å². The third kappa shape index (κ3) is 2.25. The Balaban J connectivity index is 2.11. The highest BCUT2D eigenvalue weighted by molar-refractivity contribution is 5.18. The molecule has 15 heavy (non-hydrogen) atoms. The van der Waals surface area contributed by atoms with E-state index in [1.165, 1.54) is 6.39 Å². The zero-order valence-electron chi connectivity index (χ0n) is 8.55. The number of hydrogen-bond acceptors (Lipinski definition) is 3. The Morgan fingerprint density at radius 1 is 1.33 bits per heavy atom. The van der Waals surface area contributed by atoms with Gasteiger partial charge in [0, 0.05) is 6.42 Å². The van der Waals surface area contributed by atoms with Crippen molar-refractivity contribution in [1.82, 2.24) is 4.98 Å². The number of rotatable bonds is 3. The van der Waals surface area contributed by atoms with Crippen LogP contribution in [0.3, 0.4) is 0 Å². The highest BCUT2D eigenvalue weighted by atomic mass is 16.4. The van der Waals surface area contributed by atoms with E-state index in [9.17, 15) is 5.11 Å². The molecule has 78 valence electrons. The van der Waals surface area contributed by atoms with E-state index < -0.39 is 6.10 Å². The van der Waals surface area contributed by atoms with Crippen LogP contribution in [-0.2, 0) is 6.42 Å². The van der Waals surface area contributed by atoms with Crippen molar-refractivity contribution in [2.24, 2.45) is 0 Å². The van der Waals surface area contributed by atoms with Gasteiger partial charge in [0.25, 0.3) is 0 Å². The molecule has 1 atom stereocenters. The zero-order chi connectivity index (χ0) is 10.7. The molecule has 0 fully saturated rings. The standard InChI is InChI=1S/C12H13NO2/c1-9-12(15-8-13-9)11(14)7-10-5-3-2-4-6-10/h2-6,8,11,14H,7H2,1H3. The average Bonchev–Trinajstić information content (AvgIpc) is 2.66. The van der Waals surface area contributed by atoms with Gasteiger partial charge < -0.3 is 9.52 Å². The maximum atomic E-state index is 9.91. The van der Waals surface area contributed by atoms with Crippen molar-refractivity contribution in [2.45, 2.75) is 19.4 Å². The lowest BCUT2D eigenvalue weighted by Gasteiger charge is -2.07. The zero-order valence-corrected chi connectivity index (χ0v) is 8.55. The van der Waals surface area contributed by atoms with Gasteiger partial charge >= 0.3 is 0 Å². The molecule has 3 nitrogen and oxygen atoms in total. The molecule has 0 spiro atoms. The fourth-order valence-corrected chi connectivity index (χ4v) is 1.56. The van der Waals surface area contributed by atoms with Crippen LogP contribution in [0.2, 0.25) is 0 Å². The Morgan fingerprint density at radius 3 is 2.67 bits per heavy atom. The van der Waals surface area contributed by atoms with Gasteiger partial charge in [-0.1, -0.05) is 30.3 Å². The van der Waals surface area contributed by atoms with Gasteiger partial charge in [-0.2, -0.15) is 0 Å². The summed E-state index contributed by atoms with van der Waals surface area (Å²) >= 11 is 0. The quantitative estimate of drug-likeness (QED) is 0.832. The van der Waals surface area contributed by atoms with E-state index >= 15 is 0 Å². The van der Waals surface area contributed by atoms with E-state index in [0.29, 0.717) is 12.2 Å². The van der Waals surface area contributed by atoms with Gasteiger partial charge in [-0.25, -0.2) is 4.98 Å². The number of benzene rings is 1. The molecule has 0 bridgehead atoms. The molecular weight excluding hydrogens is 190 g/mol. The number of aliphatic hydroxyl groups is 1. The third-order valence-electron chi connectivity index (χ3n) is 2.36. The Labute approximate surface area is 88.4 Å². The smallest absolute Gasteiger partial charge is 0.181 e. The molecule has 1 heterocycles. The molecule has 0 amide bonds. The van der Waals surface area contributed by atoms with E-state index in [-0.39, 0.29) is 0 Å². The molecule has 0 aliphatic rings. The lowest BCUT2D eigenvalue weighted by molar-refractivity contribution is 0.149. The Morgan fingerprint density at radius 2 is 2.07 bits per heavy atom. The van der Waals surface area contributed by atoms with Crippen molar-refractivity contribution in [3.8, 4) is 0 Å². The highest BCUT2D eigenvalue weighted by Crippen LogP contribution is 2.20. The number of aromatic nitrogens is 1. The minimum atomic E-state index is -0.616. The summed E-state index contributed by atoms with van der Waals surface area (Å²) in [6.07, 6.45) is 1.30. The first-order chi connectivity index (χ1) is 7.27. The second kappa shape index (κ2) is 4.28. The van der Waals surface area contributed by atoms with Crippen molar-refractivity contribution >= 4 is 0 Å². The lowest BCUT2D eigenvalue weighted by Crippen LogP contribution is -2.02. The van der Waals surface area contributed by atoms with Crippen molar-refractivity contribution in [2.75, 3.05) is 0 Å². The number of nitrogens with zero attached hydrogens (tertiary/aromatic N) is 1. The fourth-order valence-electron chi connectivity index (χ4n) is 1.56. The molecule has 1 unspecified atom stereocenters. The minimum absolute atomic E-state index is 0.552. The van der Waals surface area contributed by atoms with Crippen LogP contribution in [0.4, 0.5) is 0 Å². The van der Waals surface area contributed by atoms with Gasteiger partial charge in [0.2, 0.25) is 0 Å². The summed E-state index contributed by atoms with van der Waals surface area (Å²) in [6.45, 7) is 1.83. The predicted molar refractivity (Wildman–Crippen MR) is 56.3 cm³/mol. The molecule has 1 aromatic carbocycles. The number of aliphatic hydroxyl groups excluding tert-OH is 1. The van der Waals surface area contributed by atoms with Crippen LogP contribution in [0.1, 0.15) is 23.1 Å². The van der Waals surface area contributed by atoms with Crippen LogP contribution in [0.25, 0.3) is 0 Å². The third-order valence-corrected chi connectivity index (χ3v) is 2.36. The van der Waals surface area contributed by atoms with Crippen molar-refractivity contribution in [3.05, 3.63) is 53.7 Å². The first-order valence-electron chi connectivity index (χ1n) is 4.89. The molecule has 0 radical (unpaired) electrons. The van der Waals surface area contributed by atoms with Gasteiger partial charge in [-0.3, -0.25) is 0 Å². The second-order valence-electron chi connectivity index (χ2n) is 3.51. The molecule has 0 aliphatic heterocycles. The largest absolute Gasteiger partial charge is 0.445 e. The normalized spacial score (nSPS) is 12.7. The predicted octanol–water partition coefficient (Wildman–Crippen LogP) is 2.26. The summed E-state index contributed by atoms with van der Waals surface area (Å²) in [5.74, 6) is 0.554. The highest BCUT2D eigenvalue weighted by Gasteiger charge is 2.15. The molecule has 0 saturated carbocycles. The fraction of sp³-hybridized carbons (Fsp3) is 0.250. The van der Waals surface area contributed by atoms with Crippen LogP contribution in [0.5, 0.6) is 0 Å². The van der Waals surface area contributed by atoms with Crippen molar-refractivity contribution < 1.29 is 9.52 Å². The number of hydrogen-bond donors (Lipinski definition) is 1. The van der Waals surface area contributed by atoms with Crippen molar-refractivity contribution in [1.29, 1.82) is 0 Å². The van der Waals surface area contributed by atoms with Gasteiger partial charge in [-0.05, 0) is 12.5 Å². The molecule has 2 rings (SSSR count). The number of oxazole rings is 1. The SMILES string of the molecule is Cc1ncoc1C(O)Cc1ccccc1.